The Morgan fingerprint density at radius 3 is 2.53 bits per heavy atom. The normalized spacial score (nSPS) is 22.2. The van der Waals surface area contributed by atoms with Gasteiger partial charge in [-0.15, -0.1) is 5.10 Å². The fraction of sp³-hybridized carbons (Fsp3) is 0.667. The topological polar surface area (TPSA) is 25.8 Å². The van der Waals surface area contributed by atoms with Crippen molar-refractivity contribution in [2.75, 3.05) is 0 Å². The predicted molar refractivity (Wildman–Crippen MR) is 62.2 cm³/mol. The summed E-state index contributed by atoms with van der Waals surface area (Å²) < 4.78 is 0. The maximum Gasteiger partial charge on any atom is 0.152 e. The molecule has 0 radical (unpaired) electrons. The largest absolute Gasteiger partial charge is 0.154 e. The van der Waals surface area contributed by atoms with E-state index in [9.17, 15) is 0 Å². The molecule has 0 aliphatic heterocycles. The summed E-state index contributed by atoms with van der Waals surface area (Å²) in [6.07, 6.45) is 2.16. The number of nitrogens with zero attached hydrogens (tertiary/aromatic N) is 2. The first kappa shape index (κ1) is 10.9. The van der Waals surface area contributed by atoms with E-state index in [1.54, 1.807) is 0 Å². The van der Waals surface area contributed by atoms with Crippen molar-refractivity contribution in [3.05, 3.63) is 22.5 Å². The Morgan fingerprint density at radius 2 is 1.87 bits per heavy atom. The molecule has 0 atom stereocenters. The Labute approximate surface area is 96.1 Å². The van der Waals surface area contributed by atoms with Gasteiger partial charge in [0.2, 0.25) is 0 Å². The Balaban J connectivity index is 2.55. The molecule has 1 aromatic rings. The summed E-state index contributed by atoms with van der Waals surface area (Å²) in [5, 5.41) is 8.67. The number of fused-ring (bicyclic) bond motifs is 1. The molecule has 0 amide bonds. The SMILES string of the molecule is CC1(C)Cc2nnc(Cl)cc2C(C)(C)C1. The Morgan fingerprint density at radius 1 is 1.20 bits per heavy atom. The van der Waals surface area contributed by atoms with Gasteiger partial charge < -0.3 is 0 Å². The smallest absolute Gasteiger partial charge is 0.152 e. The van der Waals surface area contributed by atoms with Gasteiger partial charge in [0, 0.05) is 0 Å². The highest BCUT2D eigenvalue weighted by Crippen LogP contribution is 2.44. The quantitative estimate of drug-likeness (QED) is 0.675. The molecule has 1 aliphatic rings. The molecular formula is C12H17ClN2. The first-order valence-corrected chi connectivity index (χ1v) is 5.71. The van der Waals surface area contributed by atoms with Gasteiger partial charge in [-0.1, -0.05) is 39.3 Å². The number of hydrogen-bond donors (Lipinski definition) is 0. The lowest BCUT2D eigenvalue weighted by Gasteiger charge is -2.41. The molecule has 2 nitrogen and oxygen atoms in total. The first-order valence-electron chi connectivity index (χ1n) is 5.33. The van der Waals surface area contributed by atoms with Gasteiger partial charge in [-0.05, 0) is 35.3 Å². The van der Waals surface area contributed by atoms with Crippen molar-refractivity contribution in [2.24, 2.45) is 5.41 Å². The van der Waals surface area contributed by atoms with Crippen LogP contribution in [-0.2, 0) is 11.8 Å². The highest BCUT2D eigenvalue weighted by atomic mass is 35.5. The molecule has 1 heterocycles. The molecule has 0 saturated carbocycles. The minimum absolute atomic E-state index is 0.149. The zero-order chi connectivity index (χ0) is 11.3. The molecule has 1 aromatic heterocycles. The zero-order valence-electron chi connectivity index (χ0n) is 9.76. The lowest BCUT2D eigenvalue weighted by Crippen LogP contribution is -2.35. The maximum absolute atomic E-state index is 5.90. The summed E-state index contributed by atoms with van der Waals surface area (Å²) in [6.45, 7) is 9.08. The van der Waals surface area contributed by atoms with Crippen molar-refractivity contribution in [2.45, 2.75) is 46.0 Å². The van der Waals surface area contributed by atoms with E-state index < -0.39 is 0 Å². The van der Waals surface area contributed by atoms with Crippen LogP contribution < -0.4 is 0 Å². The average Bonchev–Trinajstić information content (AvgIpc) is 2.03. The van der Waals surface area contributed by atoms with Gasteiger partial charge in [0.25, 0.3) is 0 Å². The number of rotatable bonds is 0. The van der Waals surface area contributed by atoms with E-state index in [1.165, 1.54) is 5.56 Å². The molecule has 0 unspecified atom stereocenters. The number of halogens is 1. The molecule has 0 aromatic carbocycles. The Kier molecular flexibility index (Phi) is 2.30. The third kappa shape index (κ3) is 2.00. The molecule has 15 heavy (non-hydrogen) atoms. The van der Waals surface area contributed by atoms with Crippen molar-refractivity contribution < 1.29 is 0 Å². The molecule has 0 N–H and O–H groups in total. The van der Waals surface area contributed by atoms with Crippen LogP contribution in [0.3, 0.4) is 0 Å². The van der Waals surface area contributed by atoms with Crippen LogP contribution >= 0.6 is 11.6 Å². The van der Waals surface area contributed by atoms with Crippen LogP contribution in [0.25, 0.3) is 0 Å². The Hall–Kier alpha value is -0.630. The molecule has 0 saturated heterocycles. The fourth-order valence-electron chi connectivity index (χ4n) is 2.92. The van der Waals surface area contributed by atoms with Crippen molar-refractivity contribution in [3.8, 4) is 0 Å². The maximum atomic E-state index is 5.90. The van der Waals surface area contributed by atoms with Gasteiger partial charge in [-0.2, -0.15) is 5.10 Å². The third-order valence-electron chi connectivity index (χ3n) is 3.14. The zero-order valence-corrected chi connectivity index (χ0v) is 10.5. The van der Waals surface area contributed by atoms with Crippen LogP contribution in [0.15, 0.2) is 6.07 Å². The van der Waals surface area contributed by atoms with E-state index in [0.717, 1.165) is 18.5 Å². The molecule has 0 spiro atoms. The second kappa shape index (κ2) is 3.18. The summed E-state index contributed by atoms with van der Waals surface area (Å²) in [5.41, 5.74) is 2.83. The van der Waals surface area contributed by atoms with Gasteiger partial charge in [0.1, 0.15) is 0 Å². The van der Waals surface area contributed by atoms with Crippen LogP contribution in [-0.4, -0.2) is 10.2 Å². The summed E-state index contributed by atoms with van der Waals surface area (Å²) in [7, 11) is 0. The second-order valence-electron chi connectivity index (χ2n) is 5.93. The lowest BCUT2D eigenvalue weighted by molar-refractivity contribution is 0.226. The molecule has 0 fully saturated rings. The van der Waals surface area contributed by atoms with E-state index in [-0.39, 0.29) is 5.41 Å². The molecule has 2 rings (SSSR count). The van der Waals surface area contributed by atoms with Gasteiger partial charge in [-0.3, -0.25) is 0 Å². The van der Waals surface area contributed by atoms with Crippen LogP contribution in [0.2, 0.25) is 5.15 Å². The van der Waals surface area contributed by atoms with E-state index in [4.69, 9.17) is 11.6 Å². The van der Waals surface area contributed by atoms with Crippen LogP contribution in [0, 0.1) is 5.41 Å². The molecule has 0 bridgehead atoms. The van der Waals surface area contributed by atoms with E-state index in [0.29, 0.717) is 10.6 Å². The minimum Gasteiger partial charge on any atom is -0.154 e. The van der Waals surface area contributed by atoms with E-state index in [2.05, 4.69) is 37.9 Å². The fourth-order valence-corrected chi connectivity index (χ4v) is 3.06. The standard InChI is InChI=1S/C12H17ClN2/c1-11(2)6-9-8(12(3,4)7-11)5-10(13)15-14-9/h5H,6-7H2,1-4H3. The molecule has 82 valence electrons. The summed E-state index contributed by atoms with van der Waals surface area (Å²) in [4.78, 5) is 0. The highest BCUT2D eigenvalue weighted by Gasteiger charge is 2.38. The third-order valence-corrected chi connectivity index (χ3v) is 3.32. The minimum atomic E-state index is 0.149. The molecular weight excluding hydrogens is 208 g/mol. The van der Waals surface area contributed by atoms with Gasteiger partial charge in [0.15, 0.2) is 5.15 Å². The van der Waals surface area contributed by atoms with E-state index in [1.807, 2.05) is 6.07 Å². The summed E-state index contributed by atoms with van der Waals surface area (Å²) >= 11 is 5.90. The van der Waals surface area contributed by atoms with Crippen LogP contribution in [0.1, 0.15) is 45.4 Å². The monoisotopic (exact) mass is 224 g/mol. The first-order chi connectivity index (χ1) is 6.80. The predicted octanol–water partition coefficient (Wildman–Crippen LogP) is 3.38. The van der Waals surface area contributed by atoms with Gasteiger partial charge >= 0.3 is 0 Å². The van der Waals surface area contributed by atoms with E-state index >= 15 is 0 Å². The summed E-state index contributed by atoms with van der Waals surface area (Å²) in [5.74, 6) is 0. The number of aromatic nitrogens is 2. The Bertz CT molecular complexity index is 397. The lowest BCUT2D eigenvalue weighted by atomic mass is 9.64. The molecule has 1 aliphatic carbocycles. The van der Waals surface area contributed by atoms with Crippen molar-refractivity contribution in [3.63, 3.8) is 0 Å². The van der Waals surface area contributed by atoms with Gasteiger partial charge in [0.05, 0.1) is 5.69 Å². The highest BCUT2D eigenvalue weighted by molar-refractivity contribution is 6.29. The summed E-state index contributed by atoms with van der Waals surface area (Å²) in [6, 6.07) is 1.97. The average molecular weight is 225 g/mol. The van der Waals surface area contributed by atoms with Crippen molar-refractivity contribution >= 4 is 11.6 Å². The van der Waals surface area contributed by atoms with Crippen molar-refractivity contribution in [1.82, 2.24) is 10.2 Å². The van der Waals surface area contributed by atoms with Gasteiger partial charge in [-0.25, -0.2) is 0 Å². The van der Waals surface area contributed by atoms with Crippen LogP contribution in [0.4, 0.5) is 0 Å². The van der Waals surface area contributed by atoms with Crippen LogP contribution in [0.5, 0.6) is 0 Å². The number of hydrogen-bond acceptors (Lipinski definition) is 2. The molecule has 3 heteroatoms. The second-order valence-corrected chi connectivity index (χ2v) is 6.32. The van der Waals surface area contributed by atoms with Crippen molar-refractivity contribution in [1.29, 1.82) is 0 Å².